The standard InChI is InChI=1S/C17H26N2O2.ClH/c1-3-13(2)15-8-4-5-9-16(15)21-12-17(20)19-10-6-7-14(19)11-18;/h4-5,8-9,13-14H,3,6-7,10-12,18H2,1-2H3;1H. The highest BCUT2D eigenvalue weighted by Gasteiger charge is 2.27. The number of carbonyl (C=O) groups excluding carboxylic acids is 1. The predicted octanol–water partition coefficient (Wildman–Crippen LogP) is 2.95. The zero-order valence-corrected chi connectivity index (χ0v) is 14.3. The maximum absolute atomic E-state index is 12.3. The van der Waals surface area contributed by atoms with E-state index in [-0.39, 0.29) is 31.0 Å². The van der Waals surface area contributed by atoms with Crippen molar-refractivity contribution in [1.29, 1.82) is 0 Å². The van der Waals surface area contributed by atoms with Gasteiger partial charge in [0.25, 0.3) is 5.91 Å². The molecule has 2 unspecified atom stereocenters. The minimum Gasteiger partial charge on any atom is -0.483 e. The van der Waals surface area contributed by atoms with Crippen molar-refractivity contribution in [3.63, 3.8) is 0 Å². The topological polar surface area (TPSA) is 55.6 Å². The van der Waals surface area contributed by atoms with Gasteiger partial charge in [0.15, 0.2) is 6.61 Å². The first-order valence-corrected chi connectivity index (χ1v) is 7.88. The fraction of sp³-hybridized carbons (Fsp3) is 0.588. The van der Waals surface area contributed by atoms with Crippen molar-refractivity contribution in [3.05, 3.63) is 29.8 Å². The number of para-hydroxylation sites is 1. The summed E-state index contributed by atoms with van der Waals surface area (Å²) < 4.78 is 5.80. The molecule has 1 aliphatic rings. The lowest BCUT2D eigenvalue weighted by Gasteiger charge is -2.24. The molecule has 1 fully saturated rings. The highest BCUT2D eigenvalue weighted by atomic mass is 35.5. The van der Waals surface area contributed by atoms with Crippen LogP contribution in [0.25, 0.3) is 0 Å². The average Bonchev–Trinajstić information content (AvgIpc) is 3.00. The normalized spacial score (nSPS) is 18.7. The van der Waals surface area contributed by atoms with E-state index in [1.54, 1.807) is 0 Å². The van der Waals surface area contributed by atoms with Gasteiger partial charge in [-0.2, -0.15) is 0 Å². The molecule has 2 N–H and O–H groups in total. The summed E-state index contributed by atoms with van der Waals surface area (Å²) in [4.78, 5) is 14.2. The maximum Gasteiger partial charge on any atom is 0.260 e. The summed E-state index contributed by atoms with van der Waals surface area (Å²) in [5.74, 6) is 1.30. The van der Waals surface area contributed by atoms with Crippen molar-refractivity contribution in [2.45, 2.75) is 45.1 Å². The summed E-state index contributed by atoms with van der Waals surface area (Å²) >= 11 is 0. The van der Waals surface area contributed by atoms with Gasteiger partial charge in [-0.25, -0.2) is 0 Å². The Kier molecular flexibility index (Phi) is 7.69. The third-order valence-electron chi connectivity index (χ3n) is 4.38. The number of likely N-dealkylation sites (tertiary alicyclic amines) is 1. The molecule has 2 atom stereocenters. The van der Waals surface area contributed by atoms with Crippen LogP contribution in [0.2, 0.25) is 0 Å². The van der Waals surface area contributed by atoms with E-state index in [1.165, 1.54) is 5.56 Å². The van der Waals surface area contributed by atoms with Crippen molar-refractivity contribution in [1.82, 2.24) is 4.90 Å². The van der Waals surface area contributed by atoms with E-state index >= 15 is 0 Å². The molecular formula is C17H27ClN2O2. The molecule has 4 nitrogen and oxygen atoms in total. The van der Waals surface area contributed by atoms with E-state index in [0.717, 1.165) is 31.6 Å². The highest BCUT2D eigenvalue weighted by molar-refractivity contribution is 5.85. The van der Waals surface area contributed by atoms with Crippen LogP contribution in [0.5, 0.6) is 5.75 Å². The molecule has 0 saturated carbocycles. The number of amides is 1. The molecule has 1 aliphatic heterocycles. The first-order chi connectivity index (χ1) is 10.2. The first kappa shape index (κ1) is 18.8. The number of hydrogen-bond donors (Lipinski definition) is 1. The molecule has 0 radical (unpaired) electrons. The molecule has 124 valence electrons. The van der Waals surface area contributed by atoms with Gasteiger partial charge in [-0.15, -0.1) is 12.4 Å². The predicted molar refractivity (Wildman–Crippen MR) is 91.7 cm³/mol. The zero-order chi connectivity index (χ0) is 15.2. The van der Waals surface area contributed by atoms with E-state index in [9.17, 15) is 4.79 Å². The fourth-order valence-corrected chi connectivity index (χ4v) is 2.87. The van der Waals surface area contributed by atoms with Gasteiger partial charge in [-0.3, -0.25) is 4.79 Å². The van der Waals surface area contributed by atoms with E-state index in [0.29, 0.717) is 12.5 Å². The number of carbonyl (C=O) groups is 1. The molecule has 1 heterocycles. The minimum absolute atomic E-state index is 0. The van der Waals surface area contributed by atoms with Crippen LogP contribution in [0, 0.1) is 0 Å². The Labute approximate surface area is 139 Å². The molecule has 1 aromatic carbocycles. The summed E-state index contributed by atoms with van der Waals surface area (Å²) in [6, 6.07) is 8.17. The highest BCUT2D eigenvalue weighted by Crippen LogP contribution is 2.28. The Morgan fingerprint density at radius 1 is 1.45 bits per heavy atom. The molecule has 1 amide bonds. The lowest BCUT2D eigenvalue weighted by Crippen LogP contribution is -2.42. The van der Waals surface area contributed by atoms with Crippen molar-refractivity contribution in [3.8, 4) is 5.75 Å². The Morgan fingerprint density at radius 2 is 2.18 bits per heavy atom. The molecule has 0 aromatic heterocycles. The Hall–Kier alpha value is -1.26. The van der Waals surface area contributed by atoms with E-state index in [4.69, 9.17) is 10.5 Å². The number of nitrogens with two attached hydrogens (primary N) is 1. The molecule has 0 spiro atoms. The lowest BCUT2D eigenvalue weighted by atomic mass is 9.98. The van der Waals surface area contributed by atoms with Gasteiger partial charge in [0.2, 0.25) is 0 Å². The lowest BCUT2D eigenvalue weighted by molar-refractivity contribution is -0.134. The van der Waals surface area contributed by atoms with Crippen molar-refractivity contribution in [2.75, 3.05) is 19.7 Å². The van der Waals surface area contributed by atoms with Gasteiger partial charge >= 0.3 is 0 Å². The quantitative estimate of drug-likeness (QED) is 0.874. The number of halogens is 1. The SMILES string of the molecule is CCC(C)c1ccccc1OCC(=O)N1CCCC1CN.Cl. The minimum atomic E-state index is 0. The van der Waals surface area contributed by atoms with Gasteiger partial charge < -0.3 is 15.4 Å². The Balaban J connectivity index is 0.00000242. The van der Waals surface area contributed by atoms with Crippen LogP contribution in [-0.4, -0.2) is 36.5 Å². The fourth-order valence-electron chi connectivity index (χ4n) is 2.87. The number of ether oxygens (including phenoxy) is 1. The number of nitrogens with zero attached hydrogens (tertiary/aromatic N) is 1. The van der Waals surface area contributed by atoms with Crippen LogP contribution in [0.3, 0.4) is 0 Å². The van der Waals surface area contributed by atoms with Crippen LogP contribution < -0.4 is 10.5 Å². The second-order valence-electron chi connectivity index (χ2n) is 5.75. The monoisotopic (exact) mass is 326 g/mol. The molecule has 1 aromatic rings. The van der Waals surface area contributed by atoms with Crippen LogP contribution in [0.15, 0.2) is 24.3 Å². The molecule has 0 aliphatic carbocycles. The third kappa shape index (κ3) is 4.37. The summed E-state index contributed by atoms with van der Waals surface area (Å²) in [5.41, 5.74) is 6.89. The van der Waals surface area contributed by atoms with Crippen LogP contribution in [0.4, 0.5) is 0 Å². The van der Waals surface area contributed by atoms with Crippen molar-refractivity contribution < 1.29 is 9.53 Å². The molecule has 0 bridgehead atoms. The Morgan fingerprint density at radius 3 is 2.86 bits per heavy atom. The maximum atomic E-state index is 12.3. The van der Waals surface area contributed by atoms with Crippen molar-refractivity contribution in [2.24, 2.45) is 5.73 Å². The van der Waals surface area contributed by atoms with E-state index in [2.05, 4.69) is 19.9 Å². The number of hydrogen-bond acceptors (Lipinski definition) is 3. The molecule has 1 saturated heterocycles. The van der Waals surface area contributed by atoms with Gasteiger partial charge in [0.05, 0.1) is 0 Å². The van der Waals surface area contributed by atoms with Gasteiger partial charge in [0.1, 0.15) is 5.75 Å². The summed E-state index contributed by atoms with van der Waals surface area (Å²) in [5, 5.41) is 0. The average molecular weight is 327 g/mol. The third-order valence-corrected chi connectivity index (χ3v) is 4.38. The van der Waals surface area contributed by atoms with E-state index in [1.807, 2.05) is 23.1 Å². The number of benzene rings is 1. The zero-order valence-electron chi connectivity index (χ0n) is 13.5. The van der Waals surface area contributed by atoms with Crippen molar-refractivity contribution >= 4 is 18.3 Å². The first-order valence-electron chi connectivity index (χ1n) is 7.88. The smallest absolute Gasteiger partial charge is 0.260 e. The molecule has 2 rings (SSSR count). The van der Waals surface area contributed by atoms with Gasteiger partial charge in [0, 0.05) is 19.1 Å². The van der Waals surface area contributed by atoms with Crippen LogP contribution in [-0.2, 0) is 4.79 Å². The van der Waals surface area contributed by atoms with Crippen LogP contribution in [0.1, 0.15) is 44.6 Å². The molecular weight excluding hydrogens is 300 g/mol. The second-order valence-corrected chi connectivity index (χ2v) is 5.75. The van der Waals surface area contributed by atoms with Gasteiger partial charge in [-0.1, -0.05) is 32.0 Å². The number of rotatable bonds is 6. The van der Waals surface area contributed by atoms with Gasteiger partial charge in [-0.05, 0) is 36.8 Å². The summed E-state index contributed by atoms with van der Waals surface area (Å²) in [7, 11) is 0. The van der Waals surface area contributed by atoms with E-state index < -0.39 is 0 Å². The molecule has 5 heteroatoms. The summed E-state index contributed by atoms with van der Waals surface area (Å²) in [6.45, 7) is 5.77. The second kappa shape index (κ2) is 9.01. The Bertz CT molecular complexity index is 481. The van der Waals surface area contributed by atoms with Crippen LogP contribution >= 0.6 is 12.4 Å². The largest absolute Gasteiger partial charge is 0.483 e. The summed E-state index contributed by atoms with van der Waals surface area (Å²) in [6.07, 6.45) is 3.10. The molecule has 22 heavy (non-hydrogen) atoms.